The summed E-state index contributed by atoms with van der Waals surface area (Å²) in [5, 5.41) is 2.40. The number of fused-ring (bicyclic) bond motifs is 1. The van der Waals surface area contributed by atoms with Crippen LogP contribution >= 0.6 is 0 Å². The number of rotatable bonds is 5. The van der Waals surface area contributed by atoms with Gasteiger partial charge in [-0.25, -0.2) is 0 Å². The summed E-state index contributed by atoms with van der Waals surface area (Å²) in [4.78, 5) is 12.0. The van der Waals surface area contributed by atoms with E-state index in [-0.39, 0.29) is 12.4 Å². The van der Waals surface area contributed by atoms with Gasteiger partial charge in [0.05, 0.1) is 13.5 Å². The Bertz CT molecular complexity index is 1080. The lowest BCUT2D eigenvalue weighted by molar-refractivity contribution is -0.139. The van der Waals surface area contributed by atoms with Crippen LogP contribution in [0.4, 0.5) is 0 Å². The number of hydrogen-bond acceptors (Lipinski definition) is 2. The Balaban J connectivity index is 1.77. The van der Waals surface area contributed by atoms with E-state index < -0.39 is 0 Å². The molecule has 134 valence electrons. The van der Waals surface area contributed by atoms with Gasteiger partial charge in [0.15, 0.2) is 0 Å². The first-order valence-electron chi connectivity index (χ1n) is 9.02. The van der Waals surface area contributed by atoms with E-state index in [2.05, 4.69) is 59.3 Å². The molecule has 0 saturated heterocycles. The Kier molecular flexibility index (Phi) is 4.75. The Morgan fingerprint density at radius 1 is 0.889 bits per heavy atom. The predicted octanol–water partition coefficient (Wildman–Crippen LogP) is 5.07. The highest BCUT2D eigenvalue weighted by Gasteiger charge is 2.15. The van der Waals surface area contributed by atoms with E-state index in [0.29, 0.717) is 0 Å². The minimum Gasteiger partial charge on any atom is -0.469 e. The van der Waals surface area contributed by atoms with Crippen molar-refractivity contribution < 1.29 is 9.53 Å². The largest absolute Gasteiger partial charge is 0.469 e. The highest BCUT2D eigenvalue weighted by Crippen LogP contribution is 2.29. The van der Waals surface area contributed by atoms with E-state index in [1.165, 1.54) is 23.4 Å². The van der Waals surface area contributed by atoms with Crippen molar-refractivity contribution in [2.45, 2.75) is 13.0 Å². The lowest BCUT2D eigenvalue weighted by Gasteiger charge is -2.12. The van der Waals surface area contributed by atoms with E-state index in [1.54, 1.807) is 0 Å². The number of methoxy groups -OCH3 is 1. The van der Waals surface area contributed by atoms with Gasteiger partial charge in [0.2, 0.25) is 0 Å². The second-order valence-corrected chi connectivity index (χ2v) is 6.60. The quantitative estimate of drug-likeness (QED) is 0.468. The maximum Gasteiger partial charge on any atom is 0.311 e. The third-order valence-corrected chi connectivity index (χ3v) is 4.87. The van der Waals surface area contributed by atoms with Gasteiger partial charge in [-0.15, -0.1) is 0 Å². The van der Waals surface area contributed by atoms with Gasteiger partial charge in [0.1, 0.15) is 0 Å². The van der Waals surface area contributed by atoms with Crippen molar-refractivity contribution in [2.24, 2.45) is 0 Å². The first-order chi connectivity index (χ1) is 13.2. The summed E-state index contributed by atoms with van der Waals surface area (Å²) in [5.41, 5.74) is 4.35. The fourth-order valence-electron chi connectivity index (χ4n) is 3.46. The molecule has 0 atom stereocenters. The molecule has 3 nitrogen and oxygen atoms in total. The normalized spacial score (nSPS) is 10.9. The van der Waals surface area contributed by atoms with E-state index in [1.807, 2.05) is 30.3 Å². The van der Waals surface area contributed by atoms with E-state index in [0.717, 1.165) is 23.4 Å². The highest BCUT2D eigenvalue weighted by molar-refractivity contribution is 5.88. The van der Waals surface area contributed by atoms with Gasteiger partial charge in [-0.2, -0.15) is 0 Å². The van der Waals surface area contributed by atoms with Crippen LogP contribution in [0.25, 0.3) is 21.9 Å². The van der Waals surface area contributed by atoms with Crippen LogP contribution in [-0.2, 0) is 22.5 Å². The van der Waals surface area contributed by atoms with Crippen LogP contribution in [0.5, 0.6) is 0 Å². The molecule has 1 aromatic heterocycles. The molecule has 0 bridgehead atoms. The van der Waals surface area contributed by atoms with Crippen LogP contribution in [0, 0.1) is 0 Å². The van der Waals surface area contributed by atoms with Crippen LogP contribution in [0.1, 0.15) is 11.3 Å². The second kappa shape index (κ2) is 7.50. The average Bonchev–Trinajstić information content (AvgIpc) is 3.10. The summed E-state index contributed by atoms with van der Waals surface area (Å²) < 4.78 is 7.07. The predicted molar refractivity (Wildman–Crippen MR) is 109 cm³/mol. The molecule has 4 rings (SSSR count). The number of carbonyl (C=O) groups is 1. The maximum atomic E-state index is 12.0. The highest BCUT2D eigenvalue weighted by atomic mass is 16.5. The molecule has 0 aliphatic heterocycles. The van der Waals surface area contributed by atoms with E-state index >= 15 is 0 Å². The van der Waals surface area contributed by atoms with Crippen LogP contribution in [-0.4, -0.2) is 17.6 Å². The summed E-state index contributed by atoms with van der Waals surface area (Å²) in [7, 11) is 1.43. The minimum absolute atomic E-state index is 0.231. The molecule has 4 aromatic rings. The summed E-state index contributed by atoms with van der Waals surface area (Å²) in [6, 6.07) is 27.1. The molecule has 0 radical (unpaired) electrons. The number of esters is 1. The van der Waals surface area contributed by atoms with E-state index in [9.17, 15) is 4.79 Å². The van der Waals surface area contributed by atoms with Crippen molar-refractivity contribution in [1.29, 1.82) is 0 Å². The molecule has 0 saturated carbocycles. The van der Waals surface area contributed by atoms with Crippen LogP contribution in [0.15, 0.2) is 85.1 Å². The topological polar surface area (TPSA) is 31.2 Å². The fraction of sp³-hybridized carbons (Fsp3) is 0.125. The van der Waals surface area contributed by atoms with Crippen molar-refractivity contribution >= 4 is 16.7 Å². The van der Waals surface area contributed by atoms with Gasteiger partial charge in [-0.3, -0.25) is 4.79 Å². The molecule has 0 amide bonds. The molecular weight excluding hydrogens is 334 g/mol. The van der Waals surface area contributed by atoms with Crippen LogP contribution in [0.2, 0.25) is 0 Å². The monoisotopic (exact) mass is 355 g/mol. The van der Waals surface area contributed by atoms with Crippen LogP contribution < -0.4 is 0 Å². The van der Waals surface area contributed by atoms with E-state index in [4.69, 9.17) is 4.74 Å². The van der Waals surface area contributed by atoms with Crippen molar-refractivity contribution in [3.8, 4) is 11.1 Å². The molecule has 0 aliphatic carbocycles. The first-order valence-corrected chi connectivity index (χ1v) is 9.02. The Labute approximate surface area is 158 Å². The zero-order valence-corrected chi connectivity index (χ0v) is 15.3. The standard InChI is InChI=1S/C24H21NO2/c1-27-24(26)16-23-22(13-14-25(23)17-18-7-3-2-4-8-18)21-12-11-19-9-5-6-10-20(19)15-21/h2-15H,16-17H2,1H3. The van der Waals surface area contributed by atoms with Crippen molar-refractivity contribution in [3.63, 3.8) is 0 Å². The van der Waals surface area contributed by atoms with Gasteiger partial charge < -0.3 is 9.30 Å². The molecule has 0 aliphatic rings. The second-order valence-electron chi connectivity index (χ2n) is 6.60. The molecule has 27 heavy (non-hydrogen) atoms. The van der Waals surface area contributed by atoms with Gasteiger partial charge in [0.25, 0.3) is 0 Å². The number of benzene rings is 3. The lowest BCUT2D eigenvalue weighted by Crippen LogP contribution is -2.11. The molecule has 0 N–H and O–H groups in total. The van der Waals surface area contributed by atoms with Crippen LogP contribution in [0.3, 0.4) is 0 Å². The third kappa shape index (κ3) is 3.63. The van der Waals surface area contributed by atoms with Crippen molar-refractivity contribution in [2.75, 3.05) is 7.11 Å². The van der Waals surface area contributed by atoms with Gasteiger partial charge >= 0.3 is 5.97 Å². The number of carbonyl (C=O) groups excluding carboxylic acids is 1. The maximum absolute atomic E-state index is 12.0. The Morgan fingerprint density at radius 2 is 1.63 bits per heavy atom. The molecule has 1 heterocycles. The molecule has 0 unspecified atom stereocenters. The zero-order valence-electron chi connectivity index (χ0n) is 15.3. The molecule has 3 aromatic carbocycles. The zero-order chi connectivity index (χ0) is 18.6. The van der Waals surface area contributed by atoms with Crippen molar-refractivity contribution in [3.05, 3.63) is 96.3 Å². The van der Waals surface area contributed by atoms with Crippen molar-refractivity contribution in [1.82, 2.24) is 4.57 Å². The molecular formula is C24H21NO2. The Hall–Kier alpha value is -3.33. The number of aromatic nitrogens is 1. The van der Waals surface area contributed by atoms with Gasteiger partial charge in [0, 0.05) is 24.0 Å². The smallest absolute Gasteiger partial charge is 0.311 e. The number of ether oxygens (including phenoxy) is 1. The first kappa shape index (κ1) is 17.1. The van der Waals surface area contributed by atoms with Gasteiger partial charge in [-0.05, 0) is 34.0 Å². The minimum atomic E-state index is -0.231. The van der Waals surface area contributed by atoms with Gasteiger partial charge in [-0.1, -0.05) is 66.7 Å². The fourth-order valence-corrected chi connectivity index (χ4v) is 3.46. The lowest BCUT2D eigenvalue weighted by atomic mass is 10.0. The molecule has 0 fully saturated rings. The Morgan fingerprint density at radius 3 is 2.41 bits per heavy atom. The third-order valence-electron chi connectivity index (χ3n) is 4.87. The summed E-state index contributed by atoms with van der Waals surface area (Å²) >= 11 is 0. The number of hydrogen-bond donors (Lipinski definition) is 0. The summed E-state index contributed by atoms with van der Waals surface area (Å²) in [6.07, 6.45) is 2.30. The molecule has 3 heteroatoms. The summed E-state index contributed by atoms with van der Waals surface area (Å²) in [6.45, 7) is 0.723. The number of nitrogens with zero attached hydrogens (tertiary/aromatic N) is 1. The molecule has 0 spiro atoms. The summed E-state index contributed by atoms with van der Waals surface area (Å²) in [5.74, 6) is -0.231. The SMILES string of the molecule is COC(=O)Cc1c(-c2ccc3ccccc3c2)ccn1Cc1ccccc1. The average molecular weight is 355 g/mol.